The van der Waals surface area contributed by atoms with Crippen LogP contribution in [0, 0.1) is 0 Å². The van der Waals surface area contributed by atoms with Crippen LogP contribution in [0.3, 0.4) is 0 Å². The molecule has 2 aliphatic carbocycles. The zero-order chi connectivity index (χ0) is 39.9. The molecule has 302 valence electrons. The fraction of sp³-hybridized carbons (Fsp3) is 0.500. The first-order valence-electron chi connectivity index (χ1n) is 18.4. The summed E-state index contributed by atoms with van der Waals surface area (Å²) in [6.45, 7) is -0.177. The van der Waals surface area contributed by atoms with Crippen molar-refractivity contribution < 1.29 is 39.5 Å². The number of carbonyl (C=O) groups is 2. The largest absolute Gasteiger partial charge is 0.389 e. The lowest BCUT2D eigenvalue weighted by atomic mass is 9.85. The number of carbonyl (C=O) groups excluding carboxylic acids is 2. The molecule has 2 aromatic heterocycles. The van der Waals surface area contributed by atoms with E-state index in [0.717, 1.165) is 24.0 Å². The van der Waals surface area contributed by atoms with Crippen LogP contribution in [0.15, 0.2) is 60.9 Å². The maximum atomic E-state index is 12.7. The summed E-state index contributed by atoms with van der Waals surface area (Å²) < 4.78 is 14.2. The summed E-state index contributed by atoms with van der Waals surface area (Å²) in [6, 6.07) is 12.7. The van der Waals surface area contributed by atoms with Crippen LogP contribution >= 0.6 is 0 Å². The number of nitrogens with two attached hydrogens (primary N) is 4. The fourth-order valence-electron chi connectivity index (χ4n) is 6.84. The molecule has 56 heavy (non-hydrogen) atoms. The van der Waals surface area contributed by atoms with Gasteiger partial charge in [0.05, 0.1) is 37.8 Å². The normalized spacial score (nSPS) is 27.9. The van der Waals surface area contributed by atoms with E-state index in [9.17, 15) is 30.0 Å². The van der Waals surface area contributed by atoms with Crippen molar-refractivity contribution in [1.82, 2.24) is 30.0 Å². The molecule has 0 saturated heterocycles. The number of aromatic nitrogens is 6. The first kappa shape index (κ1) is 40.9. The molecule has 0 bridgehead atoms. The molecule has 20 heteroatoms. The van der Waals surface area contributed by atoms with E-state index in [1.54, 1.807) is 12.4 Å². The first-order valence-corrected chi connectivity index (χ1v) is 18.4. The zero-order valence-corrected chi connectivity index (χ0v) is 30.6. The van der Waals surface area contributed by atoms with Crippen molar-refractivity contribution in [2.45, 2.75) is 113 Å². The van der Waals surface area contributed by atoms with Gasteiger partial charge in [-0.3, -0.25) is 9.59 Å². The zero-order valence-electron chi connectivity index (χ0n) is 30.6. The highest BCUT2D eigenvalue weighted by Crippen LogP contribution is 2.23. The molecule has 6 rings (SSSR count). The summed E-state index contributed by atoms with van der Waals surface area (Å²) in [6.07, 6.45) is -1.08. The second-order valence-corrected chi connectivity index (χ2v) is 14.4. The van der Waals surface area contributed by atoms with Crippen LogP contribution in [-0.4, -0.2) is 123 Å². The number of ether oxygens (including phenoxy) is 2. The SMILES string of the molecule is N[C@@H]1C[C@H](N)[C@@H](OCc2cn(CC(=O)Nc3ccc(CCc4ccc(NC(=O)Cn5cc(CO[C@H]6[C@H](O)[C@@H](O)[C@H](N)C[C@@H]6N)nn5)cc4)cc3)nn2)[C@H](O)[C@H]1O. The summed E-state index contributed by atoms with van der Waals surface area (Å²) >= 11 is 0. The van der Waals surface area contributed by atoms with E-state index in [1.165, 1.54) is 9.36 Å². The second kappa shape index (κ2) is 18.5. The fourth-order valence-corrected chi connectivity index (χ4v) is 6.84. The van der Waals surface area contributed by atoms with Crippen molar-refractivity contribution in [3.05, 3.63) is 83.4 Å². The number of anilines is 2. The van der Waals surface area contributed by atoms with Crippen LogP contribution in [0.4, 0.5) is 11.4 Å². The molecule has 2 fully saturated rings. The van der Waals surface area contributed by atoms with E-state index in [-0.39, 0.29) is 38.1 Å². The Morgan fingerprint density at radius 1 is 0.607 bits per heavy atom. The number of nitrogens with one attached hydrogen (secondary N) is 2. The summed E-state index contributed by atoms with van der Waals surface area (Å²) in [5, 5.41) is 62.3. The van der Waals surface area contributed by atoms with Crippen molar-refractivity contribution in [2.75, 3.05) is 10.6 Å². The van der Waals surface area contributed by atoms with Crippen molar-refractivity contribution in [3.8, 4) is 0 Å². The summed E-state index contributed by atoms with van der Waals surface area (Å²) in [7, 11) is 0. The van der Waals surface area contributed by atoms with Gasteiger partial charge in [-0.25, -0.2) is 9.36 Å². The van der Waals surface area contributed by atoms with Crippen LogP contribution in [-0.2, 0) is 58.2 Å². The van der Waals surface area contributed by atoms with Gasteiger partial charge < -0.3 is 63.5 Å². The highest BCUT2D eigenvalue weighted by atomic mass is 16.5. The maximum Gasteiger partial charge on any atom is 0.246 e. The second-order valence-electron chi connectivity index (χ2n) is 14.4. The Labute approximate surface area is 322 Å². The average molecular weight is 779 g/mol. The van der Waals surface area contributed by atoms with Gasteiger partial charge >= 0.3 is 0 Å². The van der Waals surface area contributed by atoms with Crippen LogP contribution in [0.2, 0.25) is 0 Å². The number of nitrogens with zero attached hydrogens (tertiary/aromatic N) is 6. The molecule has 14 N–H and O–H groups in total. The van der Waals surface area contributed by atoms with Crippen molar-refractivity contribution in [1.29, 1.82) is 0 Å². The maximum absolute atomic E-state index is 12.7. The predicted octanol–water partition coefficient (Wildman–Crippen LogP) is -2.74. The van der Waals surface area contributed by atoms with Gasteiger partial charge in [-0.05, 0) is 61.1 Å². The molecular formula is C36H50N12O8. The molecule has 2 aromatic carbocycles. The van der Waals surface area contributed by atoms with Gasteiger partial charge in [-0.15, -0.1) is 10.2 Å². The highest BCUT2D eigenvalue weighted by Gasteiger charge is 2.42. The molecular weight excluding hydrogens is 728 g/mol. The number of hydrogen-bond acceptors (Lipinski definition) is 16. The van der Waals surface area contributed by atoms with E-state index in [4.69, 9.17) is 32.4 Å². The summed E-state index contributed by atoms with van der Waals surface area (Å²) in [4.78, 5) is 25.3. The Kier molecular flexibility index (Phi) is 13.5. The molecule has 10 atom stereocenters. The van der Waals surface area contributed by atoms with Gasteiger partial charge in [0.2, 0.25) is 11.8 Å². The van der Waals surface area contributed by atoms with Gasteiger partial charge in [0.15, 0.2) is 0 Å². The van der Waals surface area contributed by atoms with Crippen LogP contribution in [0.25, 0.3) is 0 Å². The van der Waals surface area contributed by atoms with E-state index in [0.29, 0.717) is 35.6 Å². The number of aliphatic hydroxyl groups is 4. The number of benzene rings is 2. The van der Waals surface area contributed by atoms with E-state index >= 15 is 0 Å². The lowest BCUT2D eigenvalue weighted by Crippen LogP contribution is -2.61. The Morgan fingerprint density at radius 3 is 1.36 bits per heavy atom. The smallest absolute Gasteiger partial charge is 0.246 e. The molecule has 2 heterocycles. The Morgan fingerprint density at radius 2 is 0.982 bits per heavy atom. The lowest BCUT2D eigenvalue weighted by Gasteiger charge is -2.39. The first-order chi connectivity index (χ1) is 26.8. The summed E-state index contributed by atoms with van der Waals surface area (Å²) in [5.74, 6) is -0.592. The van der Waals surface area contributed by atoms with Crippen LogP contribution < -0.4 is 33.6 Å². The Balaban J connectivity index is 0.884. The van der Waals surface area contributed by atoms with Gasteiger partial charge in [-0.2, -0.15) is 0 Å². The Bertz CT molecular complexity index is 1760. The molecule has 0 spiro atoms. The predicted molar refractivity (Wildman–Crippen MR) is 200 cm³/mol. The third kappa shape index (κ3) is 10.6. The number of aryl methyl sites for hydroxylation is 2. The minimum absolute atomic E-state index is 0.0125. The molecule has 0 unspecified atom stereocenters. The highest BCUT2D eigenvalue weighted by molar-refractivity contribution is 5.91. The van der Waals surface area contributed by atoms with Gasteiger partial charge in [0.1, 0.15) is 48.9 Å². The van der Waals surface area contributed by atoms with Crippen molar-refractivity contribution >= 4 is 23.2 Å². The molecule has 4 aromatic rings. The molecule has 2 saturated carbocycles. The van der Waals surface area contributed by atoms with Gasteiger partial charge in [0, 0.05) is 35.5 Å². The molecule has 0 aliphatic heterocycles. The molecule has 20 nitrogen and oxygen atoms in total. The monoisotopic (exact) mass is 778 g/mol. The number of rotatable bonds is 15. The third-order valence-corrected chi connectivity index (χ3v) is 9.99. The number of hydrogen-bond donors (Lipinski definition) is 10. The van der Waals surface area contributed by atoms with Gasteiger partial charge in [0.25, 0.3) is 0 Å². The lowest BCUT2D eigenvalue weighted by molar-refractivity contribution is -0.132. The standard InChI is InChI=1S/C36H50N12O8/c37-25-11-27(39)35(33(53)31(25)51)55-17-23-13-47(45-43-23)15-29(49)41-21-7-3-19(4-8-21)1-2-20-5-9-22(10-6-20)42-30(50)16-48-14-24(44-46-48)18-56-36-28(40)12-26(38)32(52)34(36)54/h3-10,13-14,25-28,31-36,51-54H,1-2,11-12,15-18,37-40H2,(H,41,49)(H,42,50)/t25-,26-,27+,28+,31+,32+,33-,34-,35-,36-/m1/s1. The molecule has 0 radical (unpaired) electrons. The van der Waals surface area contributed by atoms with E-state index < -0.39 is 60.8 Å². The minimum Gasteiger partial charge on any atom is -0.389 e. The van der Waals surface area contributed by atoms with Gasteiger partial charge in [-0.1, -0.05) is 34.7 Å². The average Bonchev–Trinajstić information content (AvgIpc) is 3.81. The minimum atomic E-state index is -1.22. The molecule has 2 amide bonds. The number of aliphatic hydroxyl groups excluding tert-OH is 4. The van der Waals surface area contributed by atoms with E-state index in [2.05, 4.69) is 31.3 Å². The topological polar surface area (TPSA) is 323 Å². The van der Waals surface area contributed by atoms with Crippen LogP contribution in [0.5, 0.6) is 0 Å². The van der Waals surface area contributed by atoms with Crippen molar-refractivity contribution in [3.63, 3.8) is 0 Å². The molecule has 2 aliphatic rings. The van der Waals surface area contributed by atoms with Crippen molar-refractivity contribution in [2.24, 2.45) is 22.9 Å². The van der Waals surface area contributed by atoms with Crippen LogP contribution in [0.1, 0.15) is 35.4 Å². The third-order valence-electron chi connectivity index (χ3n) is 9.99. The number of amides is 2. The Hall–Kier alpha value is -4.74. The quantitative estimate of drug-likeness (QED) is 0.0585. The summed E-state index contributed by atoms with van der Waals surface area (Å²) in [5.41, 5.74) is 28.0. The van der Waals surface area contributed by atoms with E-state index in [1.807, 2.05) is 48.5 Å².